The second-order valence-corrected chi connectivity index (χ2v) is 7.33. The van der Waals surface area contributed by atoms with Crippen molar-refractivity contribution in [1.82, 2.24) is 0 Å². The minimum absolute atomic E-state index is 0.149. The van der Waals surface area contributed by atoms with Crippen molar-refractivity contribution < 1.29 is 4.74 Å². The standard InChI is InChI=1S/C14H18Cl3NO/c1-13(2)7-12(14(3,4)19-13)18-11-6-9(16)8(15)5-10(11)17/h5-6,12,18H,7H2,1-4H3. The van der Waals surface area contributed by atoms with Gasteiger partial charge in [0.05, 0.1) is 38.0 Å². The lowest BCUT2D eigenvalue weighted by atomic mass is 9.94. The van der Waals surface area contributed by atoms with Crippen LogP contribution in [0.15, 0.2) is 12.1 Å². The molecule has 2 rings (SSSR count). The molecule has 5 heteroatoms. The third kappa shape index (κ3) is 3.30. The third-order valence-electron chi connectivity index (χ3n) is 3.41. The second kappa shape index (κ2) is 5.00. The summed E-state index contributed by atoms with van der Waals surface area (Å²) in [5.74, 6) is 0. The molecule has 1 unspecified atom stereocenters. The fourth-order valence-electron chi connectivity index (χ4n) is 2.61. The van der Waals surface area contributed by atoms with E-state index in [1.807, 2.05) is 0 Å². The van der Waals surface area contributed by atoms with Crippen LogP contribution in [0.4, 0.5) is 5.69 Å². The van der Waals surface area contributed by atoms with Gasteiger partial charge in [0.1, 0.15) is 0 Å². The van der Waals surface area contributed by atoms with E-state index in [2.05, 4.69) is 33.0 Å². The fraction of sp³-hybridized carbons (Fsp3) is 0.571. The largest absolute Gasteiger partial charge is 0.378 e. The molecule has 0 aromatic heterocycles. The molecule has 1 aliphatic heterocycles. The van der Waals surface area contributed by atoms with Crippen LogP contribution >= 0.6 is 34.8 Å². The van der Waals surface area contributed by atoms with Gasteiger partial charge in [-0.25, -0.2) is 0 Å². The van der Waals surface area contributed by atoms with E-state index in [1.165, 1.54) is 0 Å². The summed E-state index contributed by atoms with van der Waals surface area (Å²) in [6.45, 7) is 8.33. The Kier molecular flexibility index (Phi) is 4.01. The van der Waals surface area contributed by atoms with E-state index in [0.29, 0.717) is 15.1 Å². The molecule has 1 atom stereocenters. The lowest BCUT2D eigenvalue weighted by Gasteiger charge is -2.28. The summed E-state index contributed by atoms with van der Waals surface area (Å²) in [6, 6.07) is 3.58. The van der Waals surface area contributed by atoms with Crippen LogP contribution in [0, 0.1) is 0 Å². The maximum Gasteiger partial charge on any atom is 0.0834 e. The number of ether oxygens (including phenoxy) is 1. The molecule has 2 nitrogen and oxygen atoms in total. The van der Waals surface area contributed by atoms with E-state index in [0.717, 1.165) is 12.1 Å². The lowest BCUT2D eigenvalue weighted by molar-refractivity contribution is -0.0662. The number of benzene rings is 1. The SMILES string of the molecule is CC1(C)CC(Nc2cc(Cl)c(Cl)cc2Cl)C(C)(C)O1. The first kappa shape index (κ1) is 15.2. The molecular formula is C14H18Cl3NO. The smallest absolute Gasteiger partial charge is 0.0834 e. The Morgan fingerprint density at radius 3 is 2.16 bits per heavy atom. The van der Waals surface area contributed by atoms with Crippen molar-refractivity contribution in [1.29, 1.82) is 0 Å². The Balaban J connectivity index is 2.25. The van der Waals surface area contributed by atoms with E-state index in [-0.39, 0.29) is 17.2 Å². The Labute approximate surface area is 129 Å². The van der Waals surface area contributed by atoms with Gasteiger partial charge in [-0.3, -0.25) is 0 Å². The predicted octanol–water partition coefficient (Wildman–Crippen LogP) is 5.40. The number of anilines is 1. The molecule has 1 fully saturated rings. The van der Waals surface area contributed by atoms with Crippen LogP contribution in [0.5, 0.6) is 0 Å². The highest BCUT2D eigenvalue weighted by Gasteiger charge is 2.45. The van der Waals surface area contributed by atoms with Crippen LogP contribution in [0.2, 0.25) is 15.1 Å². The summed E-state index contributed by atoms with van der Waals surface area (Å²) in [5.41, 5.74) is 0.374. The maximum absolute atomic E-state index is 6.20. The average molecular weight is 323 g/mol. The predicted molar refractivity (Wildman–Crippen MR) is 82.7 cm³/mol. The lowest BCUT2D eigenvalue weighted by Crippen LogP contribution is -2.38. The molecule has 0 spiro atoms. The van der Waals surface area contributed by atoms with Crippen LogP contribution in [0.1, 0.15) is 34.1 Å². The minimum Gasteiger partial charge on any atom is -0.378 e. The summed E-state index contributed by atoms with van der Waals surface area (Å²) in [5, 5.41) is 4.94. The Morgan fingerprint density at radius 1 is 1.05 bits per heavy atom. The van der Waals surface area contributed by atoms with Gasteiger partial charge in [-0.15, -0.1) is 0 Å². The van der Waals surface area contributed by atoms with Gasteiger partial charge in [0.15, 0.2) is 0 Å². The zero-order chi connectivity index (χ0) is 14.4. The van der Waals surface area contributed by atoms with Crippen molar-refractivity contribution >= 4 is 40.5 Å². The van der Waals surface area contributed by atoms with Crippen molar-refractivity contribution in [2.45, 2.75) is 51.4 Å². The first-order chi connectivity index (χ1) is 8.61. The fourth-order valence-corrected chi connectivity index (χ4v) is 3.21. The van der Waals surface area contributed by atoms with Crippen LogP contribution in [0.3, 0.4) is 0 Å². The summed E-state index contributed by atoms with van der Waals surface area (Å²) in [7, 11) is 0. The van der Waals surface area contributed by atoms with Gasteiger partial charge in [-0.2, -0.15) is 0 Å². The number of nitrogens with one attached hydrogen (secondary N) is 1. The molecule has 106 valence electrons. The molecule has 1 aliphatic rings. The molecule has 0 saturated carbocycles. The molecule has 1 N–H and O–H groups in total. The van der Waals surface area contributed by atoms with Crippen molar-refractivity contribution in [3.8, 4) is 0 Å². The maximum atomic E-state index is 6.20. The van der Waals surface area contributed by atoms with Gasteiger partial charge < -0.3 is 10.1 Å². The molecule has 0 radical (unpaired) electrons. The van der Waals surface area contributed by atoms with Crippen LogP contribution in [0.25, 0.3) is 0 Å². The monoisotopic (exact) mass is 321 g/mol. The van der Waals surface area contributed by atoms with Gasteiger partial charge in [-0.05, 0) is 46.2 Å². The van der Waals surface area contributed by atoms with Crippen molar-refractivity contribution in [2.75, 3.05) is 5.32 Å². The minimum atomic E-state index is -0.265. The highest BCUT2D eigenvalue weighted by molar-refractivity contribution is 6.44. The molecule has 1 aromatic rings. The van der Waals surface area contributed by atoms with E-state index in [9.17, 15) is 0 Å². The van der Waals surface area contributed by atoms with Crippen molar-refractivity contribution in [2.24, 2.45) is 0 Å². The Morgan fingerprint density at radius 2 is 1.63 bits per heavy atom. The van der Waals surface area contributed by atoms with Crippen LogP contribution in [-0.2, 0) is 4.74 Å². The van der Waals surface area contributed by atoms with Gasteiger partial charge in [0.2, 0.25) is 0 Å². The molecule has 1 saturated heterocycles. The van der Waals surface area contributed by atoms with Crippen LogP contribution in [-0.4, -0.2) is 17.2 Å². The van der Waals surface area contributed by atoms with Crippen molar-refractivity contribution in [3.05, 3.63) is 27.2 Å². The zero-order valence-electron chi connectivity index (χ0n) is 11.5. The van der Waals surface area contributed by atoms with Gasteiger partial charge in [0.25, 0.3) is 0 Å². The molecule has 1 aromatic carbocycles. The number of halogens is 3. The van der Waals surface area contributed by atoms with Gasteiger partial charge in [-0.1, -0.05) is 34.8 Å². The number of rotatable bonds is 2. The third-order valence-corrected chi connectivity index (χ3v) is 4.45. The van der Waals surface area contributed by atoms with Gasteiger partial charge >= 0.3 is 0 Å². The second-order valence-electron chi connectivity index (χ2n) is 6.11. The summed E-state index contributed by atoms with van der Waals surface area (Å²) >= 11 is 18.2. The topological polar surface area (TPSA) is 21.3 Å². The van der Waals surface area contributed by atoms with Gasteiger partial charge in [0, 0.05) is 0 Å². The number of hydrogen-bond acceptors (Lipinski definition) is 2. The molecule has 1 heterocycles. The Bertz CT molecular complexity index is 500. The highest BCUT2D eigenvalue weighted by atomic mass is 35.5. The van der Waals surface area contributed by atoms with E-state index in [4.69, 9.17) is 39.5 Å². The average Bonchev–Trinajstić information content (AvgIpc) is 2.43. The first-order valence-corrected chi connectivity index (χ1v) is 7.35. The summed E-state index contributed by atoms with van der Waals surface area (Å²) < 4.78 is 6.05. The van der Waals surface area contributed by atoms with E-state index >= 15 is 0 Å². The summed E-state index contributed by atoms with van der Waals surface area (Å²) in [6.07, 6.45) is 0.899. The molecule has 19 heavy (non-hydrogen) atoms. The number of hydrogen-bond donors (Lipinski definition) is 1. The first-order valence-electron chi connectivity index (χ1n) is 6.22. The summed E-state index contributed by atoms with van der Waals surface area (Å²) in [4.78, 5) is 0. The normalized spacial score (nSPS) is 24.5. The molecule has 0 amide bonds. The van der Waals surface area contributed by atoms with E-state index < -0.39 is 0 Å². The molecule has 0 bridgehead atoms. The molecule has 0 aliphatic carbocycles. The quantitative estimate of drug-likeness (QED) is 0.736. The highest BCUT2D eigenvalue weighted by Crippen LogP contribution is 2.40. The zero-order valence-corrected chi connectivity index (χ0v) is 13.7. The molecular weight excluding hydrogens is 305 g/mol. The Hall–Kier alpha value is -0.150. The van der Waals surface area contributed by atoms with E-state index in [1.54, 1.807) is 12.1 Å². The van der Waals surface area contributed by atoms with Crippen molar-refractivity contribution in [3.63, 3.8) is 0 Å². The van der Waals surface area contributed by atoms with Crippen LogP contribution < -0.4 is 5.32 Å².